The Morgan fingerprint density at radius 1 is 1.56 bits per heavy atom. The van der Waals surface area contributed by atoms with Crippen LogP contribution < -0.4 is 0 Å². The largest absolute Gasteiger partial charge is 0.392 e. The molecular formula is C10H15NO3S2. The average molecular weight is 261 g/mol. The second kappa shape index (κ2) is 3.80. The highest BCUT2D eigenvalue weighted by Crippen LogP contribution is 2.35. The van der Waals surface area contributed by atoms with E-state index in [1.165, 1.54) is 15.6 Å². The van der Waals surface area contributed by atoms with Crippen LogP contribution in [0.4, 0.5) is 0 Å². The predicted molar refractivity (Wildman–Crippen MR) is 62.9 cm³/mol. The van der Waals surface area contributed by atoms with Gasteiger partial charge in [0.05, 0.1) is 6.10 Å². The van der Waals surface area contributed by atoms with Crippen molar-refractivity contribution in [3.8, 4) is 0 Å². The Balaban J connectivity index is 2.39. The number of hydrogen-bond acceptors (Lipinski definition) is 4. The molecule has 0 amide bonds. The number of nitrogens with zero attached hydrogens (tertiary/aromatic N) is 1. The molecule has 2 rings (SSSR count). The highest BCUT2D eigenvalue weighted by atomic mass is 32.2. The van der Waals surface area contributed by atoms with Crippen molar-refractivity contribution in [1.29, 1.82) is 0 Å². The fourth-order valence-electron chi connectivity index (χ4n) is 2.12. The Kier molecular flexibility index (Phi) is 2.86. The second-order valence-electron chi connectivity index (χ2n) is 4.64. The van der Waals surface area contributed by atoms with Crippen LogP contribution in [-0.4, -0.2) is 36.0 Å². The second-order valence-corrected chi connectivity index (χ2v) is 7.68. The number of β-amino-alcohol motifs (C(OH)–C–C–N with tert-alkyl or cyclic N) is 1. The van der Waals surface area contributed by atoms with Crippen LogP contribution in [0.1, 0.15) is 20.3 Å². The van der Waals surface area contributed by atoms with Crippen LogP contribution in [-0.2, 0) is 10.0 Å². The molecule has 0 radical (unpaired) electrons. The van der Waals surface area contributed by atoms with Crippen molar-refractivity contribution < 1.29 is 13.5 Å². The van der Waals surface area contributed by atoms with Gasteiger partial charge in [-0.3, -0.25) is 0 Å². The molecule has 0 aliphatic carbocycles. The van der Waals surface area contributed by atoms with Gasteiger partial charge in [-0.25, -0.2) is 8.42 Å². The summed E-state index contributed by atoms with van der Waals surface area (Å²) in [6.45, 7) is 3.87. The summed E-state index contributed by atoms with van der Waals surface area (Å²) in [6, 6.07) is 3.32. The van der Waals surface area contributed by atoms with E-state index in [1.807, 2.05) is 13.8 Å². The van der Waals surface area contributed by atoms with Crippen LogP contribution in [0, 0.1) is 0 Å². The van der Waals surface area contributed by atoms with Gasteiger partial charge in [-0.1, -0.05) is 6.07 Å². The topological polar surface area (TPSA) is 57.6 Å². The van der Waals surface area contributed by atoms with Gasteiger partial charge in [0, 0.05) is 12.1 Å². The van der Waals surface area contributed by atoms with Crippen molar-refractivity contribution in [3.05, 3.63) is 17.5 Å². The molecule has 16 heavy (non-hydrogen) atoms. The van der Waals surface area contributed by atoms with Crippen molar-refractivity contribution in [2.24, 2.45) is 0 Å². The summed E-state index contributed by atoms with van der Waals surface area (Å²) < 4.78 is 26.3. The molecule has 1 saturated heterocycles. The quantitative estimate of drug-likeness (QED) is 0.872. The SMILES string of the molecule is CC1(C)CC(O)CN1S(=O)(=O)c1cccs1. The van der Waals surface area contributed by atoms with E-state index in [4.69, 9.17) is 0 Å². The first kappa shape index (κ1) is 12.0. The number of hydrogen-bond donors (Lipinski definition) is 1. The Hall–Kier alpha value is -0.430. The third kappa shape index (κ3) is 1.90. The van der Waals surface area contributed by atoms with Crippen LogP contribution >= 0.6 is 11.3 Å². The molecule has 1 aromatic rings. The van der Waals surface area contributed by atoms with Crippen LogP contribution in [0.2, 0.25) is 0 Å². The molecule has 1 N–H and O–H groups in total. The van der Waals surface area contributed by atoms with Crippen LogP contribution in [0.25, 0.3) is 0 Å². The Labute approximate surface area is 99.6 Å². The van der Waals surface area contributed by atoms with Crippen molar-refractivity contribution in [3.63, 3.8) is 0 Å². The van der Waals surface area contributed by atoms with E-state index in [1.54, 1.807) is 17.5 Å². The van der Waals surface area contributed by atoms with Crippen LogP contribution in [0.15, 0.2) is 21.7 Å². The van der Waals surface area contributed by atoms with E-state index in [0.29, 0.717) is 10.6 Å². The maximum Gasteiger partial charge on any atom is 0.253 e. The number of thiophene rings is 1. The van der Waals surface area contributed by atoms with Gasteiger partial charge in [0.25, 0.3) is 10.0 Å². The maximum atomic E-state index is 12.3. The minimum atomic E-state index is -3.44. The zero-order chi connectivity index (χ0) is 12.0. The van der Waals surface area contributed by atoms with Gasteiger partial charge < -0.3 is 5.11 Å². The first-order valence-electron chi connectivity index (χ1n) is 5.08. The molecule has 0 saturated carbocycles. The van der Waals surface area contributed by atoms with E-state index in [-0.39, 0.29) is 6.54 Å². The number of sulfonamides is 1. The summed E-state index contributed by atoms with van der Waals surface area (Å²) in [5.74, 6) is 0. The number of aliphatic hydroxyl groups is 1. The molecule has 1 aliphatic heterocycles. The third-order valence-electron chi connectivity index (χ3n) is 2.83. The summed E-state index contributed by atoms with van der Waals surface area (Å²) in [4.78, 5) is 0. The molecule has 1 aromatic heterocycles. The lowest BCUT2D eigenvalue weighted by molar-refractivity contribution is 0.187. The van der Waals surface area contributed by atoms with Crippen LogP contribution in [0.3, 0.4) is 0 Å². The van der Waals surface area contributed by atoms with Gasteiger partial charge in [-0.05, 0) is 31.7 Å². The van der Waals surface area contributed by atoms with Crippen LogP contribution in [0.5, 0.6) is 0 Å². The molecule has 1 atom stereocenters. The Morgan fingerprint density at radius 3 is 2.69 bits per heavy atom. The van der Waals surface area contributed by atoms with E-state index < -0.39 is 21.7 Å². The van der Waals surface area contributed by atoms with E-state index >= 15 is 0 Å². The minimum Gasteiger partial charge on any atom is -0.392 e. The molecule has 0 aromatic carbocycles. The normalized spacial score (nSPS) is 26.1. The lowest BCUT2D eigenvalue weighted by atomic mass is 10.0. The zero-order valence-corrected chi connectivity index (χ0v) is 10.9. The Morgan fingerprint density at radius 2 is 2.25 bits per heavy atom. The van der Waals surface area contributed by atoms with Gasteiger partial charge >= 0.3 is 0 Å². The third-order valence-corrected chi connectivity index (χ3v) is 6.28. The maximum absolute atomic E-state index is 12.3. The lowest BCUT2D eigenvalue weighted by Gasteiger charge is -2.29. The smallest absolute Gasteiger partial charge is 0.253 e. The number of rotatable bonds is 2. The molecule has 90 valence electrons. The number of aliphatic hydroxyl groups excluding tert-OH is 1. The highest BCUT2D eigenvalue weighted by Gasteiger charge is 2.45. The zero-order valence-electron chi connectivity index (χ0n) is 9.25. The van der Waals surface area contributed by atoms with Gasteiger partial charge in [0.1, 0.15) is 4.21 Å². The fourth-order valence-corrected chi connectivity index (χ4v) is 5.06. The molecule has 1 fully saturated rings. The van der Waals surface area contributed by atoms with Crippen molar-refractivity contribution in [1.82, 2.24) is 4.31 Å². The summed E-state index contributed by atoms with van der Waals surface area (Å²) in [5, 5.41) is 11.3. The summed E-state index contributed by atoms with van der Waals surface area (Å²) in [6.07, 6.45) is -0.0813. The summed E-state index contributed by atoms with van der Waals surface area (Å²) >= 11 is 1.21. The minimum absolute atomic E-state index is 0.188. The molecular weight excluding hydrogens is 246 g/mol. The standard InChI is InChI=1S/C10H15NO3S2/c1-10(2)6-8(12)7-11(10)16(13,14)9-4-3-5-15-9/h3-5,8,12H,6-7H2,1-2H3. The first-order valence-corrected chi connectivity index (χ1v) is 7.40. The molecule has 0 bridgehead atoms. The average Bonchev–Trinajstić information content (AvgIpc) is 2.72. The van der Waals surface area contributed by atoms with Gasteiger partial charge in [0.15, 0.2) is 0 Å². The molecule has 4 nitrogen and oxygen atoms in total. The molecule has 1 unspecified atom stereocenters. The molecule has 0 spiro atoms. The van der Waals surface area contributed by atoms with E-state index in [0.717, 1.165) is 0 Å². The van der Waals surface area contributed by atoms with Crippen molar-refractivity contribution in [2.75, 3.05) is 6.54 Å². The molecule has 2 heterocycles. The predicted octanol–water partition coefficient (Wildman–Crippen LogP) is 1.28. The van der Waals surface area contributed by atoms with E-state index in [2.05, 4.69) is 0 Å². The molecule has 1 aliphatic rings. The van der Waals surface area contributed by atoms with Crippen molar-refractivity contribution >= 4 is 21.4 Å². The van der Waals surface area contributed by atoms with Gasteiger partial charge in [0.2, 0.25) is 0 Å². The van der Waals surface area contributed by atoms with E-state index in [9.17, 15) is 13.5 Å². The lowest BCUT2D eigenvalue weighted by Crippen LogP contribution is -2.42. The van der Waals surface area contributed by atoms with Gasteiger partial charge in [-0.15, -0.1) is 11.3 Å². The highest BCUT2D eigenvalue weighted by molar-refractivity contribution is 7.91. The first-order chi connectivity index (χ1) is 7.34. The Bertz CT molecular complexity index is 464. The van der Waals surface area contributed by atoms with Gasteiger partial charge in [-0.2, -0.15) is 4.31 Å². The molecule has 6 heteroatoms. The summed E-state index contributed by atoms with van der Waals surface area (Å²) in [5.41, 5.74) is -0.512. The fraction of sp³-hybridized carbons (Fsp3) is 0.600. The van der Waals surface area contributed by atoms with Crippen molar-refractivity contribution in [2.45, 2.75) is 36.1 Å². The monoisotopic (exact) mass is 261 g/mol. The summed E-state index contributed by atoms with van der Waals surface area (Å²) in [7, 11) is -3.44.